The van der Waals surface area contributed by atoms with Crippen LogP contribution in [0.2, 0.25) is 0 Å². The Bertz CT molecular complexity index is 1150. The molecule has 0 aliphatic carbocycles. The van der Waals surface area contributed by atoms with Gasteiger partial charge in [0.25, 0.3) is 11.8 Å². The molecule has 170 valence electrons. The van der Waals surface area contributed by atoms with E-state index in [2.05, 4.69) is 20.6 Å². The Morgan fingerprint density at radius 3 is 1.41 bits per heavy atom. The van der Waals surface area contributed by atoms with Gasteiger partial charge in [-0.15, -0.1) is 23.5 Å². The molecule has 0 aliphatic rings. The van der Waals surface area contributed by atoms with Crippen LogP contribution in [0.1, 0.15) is 21.0 Å². The van der Waals surface area contributed by atoms with Crippen molar-refractivity contribution >= 4 is 46.7 Å². The molecular formula is C26H22N4O2S2. The lowest BCUT2D eigenvalue weighted by atomic mass is 10.3. The third kappa shape index (κ3) is 6.46. The average molecular weight is 487 g/mol. The number of carbonyl (C=O) groups excluding carboxylic acids is 2. The van der Waals surface area contributed by atoms with E-state index in [-0.39, 0.29) is 11.8 Å². The number of amides is 2. The van der Waals surface area contributed by atoms with Gasteiger partial charge in [-0.2, -0.15) is 0 Å². The standard InChI is InChI=1S/C26H22N4O2S2/c31-25(21-11-5-7-15-27-21)29-19-9-1-3-13-23(19)33-17-18-34-24-14-4-2-10-20(24)30-26(32)22-12-6-8-16-28-22/h1-16H,17-18H2,(H,29,31)(H,30,32). The molecule has 2 aromatic carbocycles. The highest BCUT2D eigenvalue weighted by Gasteiger charge is 2.12. The number of thioether (sulfide) groups is 2. The zero-order chi connectivity index (χ0) is 23.6. The van der Waals surface area contributed by atoms with Crippen molar-refractivity contribution in [1.82, 2.24) is 9.97 Å². The third-order valence-corrected chi connectivity index (χ3v) is 7.07. The topological polar surface area (TPSA) is 84.0 Å². The van der Waals surface area contributed by atoms with E-state index in [1.165, 1.54) is 0 Å². The largest absolute Gasteiger partial charge is 0.320 e. The van der Waals surface area contributed by atoms with Crippen LogP contribution in [0.4, 0.5) is 11.4 Å². The van der Waals surface area contributed by atoms with Crippen LogP contribution < -0.4 is 10.6 Å². The van der Waals surface area contributed by atoms with Gasteiger partial charge >= 0.3 is 0 Å². The number of para-hydroxylation sites is 2. The van der Waals surface area contributed by atoms with Gasteiger partial charge in [0.05, 0.1) is 11.4 Å². The lowest BCUT2D eigenvalue weighted by Gasteiger charge is -2.12. The van der Waals surface area contributed by atoms with E-state index in [9.17, 15) is 9.59 Å². The van der Waals surface area contributed by atoms with Crippen molar-refractivity contribution in [1.29, 1.82) is 0 Å². The van der Waals surface area contributed by atoms with Gasteiger partial charge in [-0.05, 0) is 48.5 Å². The van der Waals surface area contributed by atoms with E-state index in [1.807, 2.05) is 48.5 Å². The zero-order valence-corrected chi connectivity index (χ0v) is 19.8. The Kier molecular flexibility index (Phi) is 8.32. The number of aromatic nitrogens is 2. The van der Waals surface area contributed by atoms with Crippen molar-refractivity contribution in [3.63, 3.8) is 0 Å². The van der Waals surface area contributed by atoms with Gasteiger partial charge in [-0.1, -0.05) is 36.4 Å². The fourth-order valence-corrected chi connectivity index (χ4v) is 5.07. The molecule has 2 aromatic heterocycles. The van der Waals surface area contributed by atoms with Gasteiger partial charge in [0.1, 0.15) is 11.4 Å². The molecule has 2 N–H and O–H groups in total. The highest BCUT2D eigenvalue weighted by molar-refractivity contribution is 8.03. The van der Waals surface area contributed by atoms with E-state index >= 15 is 0 Å². The SMILES string of the molecule is O=C(Nc1ccccc1SCCSc1ccccc1NC(=O)c1ccccn1)c1ccccn1. The number of anilines is 2. The Morgan fingerprint density at radius 2 is 1.00 bits per heavy atom. The van der Waals surface area contributed by atoms with E-state index in [0.717, 1.165) is 32.7 Å². The molecule has 2 heterocycles. The van der Waals surface area contributed by atoms with Crippen molar-refractivity contribution in [2.24, 2.45) is 0 Å². The molecule has 0 saturated carbocycles. The normalized spacial score (nSPS) is 10.5. The van der Waals surface area contributed by atoms with Gasteiger partial charge < -0.3 is 10.6 Å². The molecule has 0 radical (unpaired) electrons. The van der Waals surface area contributed by atoms with Crippen molar-refractivity contribution in [3.8, 4) is 0 Å². The Balaban J connectivity index is 1.33. The second kappa shape index (κ2) is 12.0. The van der Waals surface area contributed by atoms with Crippen LogP contribution in [0.15, 0.2) is 107 Å². The quantitative estimate of drug-likeness (QED) is 0.228. The maximum absolute atomic E-state index is 12.5. The first-order valence-corrected chi connectivity index (χ1v) is 12.6. The maximum Gasteiger partial charge on any atom is 0.274 e. The third-order valence-electron chi connectivity index (χ3n) is 4.66. The molecule has 2 amide bonds. The molecule has 6 nitrogen and oxygen atoms in total. The number of nitrogens with zero attached hydrogens (tertiary/aromatic N) is 2. The van der Waals surface area contributed by atoms with Crippen LogP contribution in [0.25, 0.3) is 0 Å². The van der Waals surface area contributed by atoms with Crippen molar-refractivity contribution in [2.75, 3.05) is 22.1 Å². The number of rotatable bonds is 9. The summed E-state index contributed by atoms with van der Waals surface area (Å²) in [6, 6.07) is 26.0. The van der Waals surface area contributed by atoms with Gasteiger partial charge in [0.15, 0.2) is 0 Å². The monoisotopic (exact) mass is 486 g/mol. The van der Waals surface area contributed by atoms with Gasteiger partial charge in [-0.3, -0.25) is 19.6 Å². The molecule has 0 atom stereocenters. The summed E-state index contributed by atoms with van der Waals surface area (Å²) >= 11 is 3.33. The summed E-state index contributed by atoms with van der Waals surface area (Å²) in [5.41, 5.74) is 2.27. The Hall–Kier alpha value is -3.62. The number of hydrogen-bond donors (Lipinski definition) is 2. The summed E-state index contributed by atoms with van der Waals surface area (Å²) in [7, 11) is 0. The highest BCUT2D eigenvalue weighted by Crippen LogP contribution is 2.31. The molecule has 8 heteroatoms. The first-order valence-electron chi connectivity index (χ1n) is 10.6. The predicted octanol–water partition coefficient (Wildman–Crippen LogP) is 5.87. The lowest BCUT2D eigenvalue weighted by molar-refractivity contribution is 0.101. The van der Waals surface area contributed by atoms with Crippen LogP contribution in [0.3, 0.4) is 0 Å². The van der Waals surface area contributed by atoms with E-state index in [4.69, 9.17) is 0 Å². The van der Waals surface area contributed by atoms with Crippen molar-refractivity contribution in [2.45, 2.75) is 9.79 Å². The molecule has 34 heavy (non-hydrogen) atoms. The second-order valence-corrected chi connectivity index (χ2v) is 9.30. The molecule has 0 saturated heterocycles. The average Bonchev–Trinajstić information content (AvgIpc) is 2.89. The Labute approximate surface area is 206 Å². The van der Waals surface area contributed by atoms with E-state index in [0.29, 0.717) is 11.4 Å². The van der Waals surface area contributed by atoms with E-state index < -0.39 is 0 Å². The molecule has 0 fully saturated rings. The summed E-state index contributed by atoms with van der Waals surface area (Å²) in [4.78, 5) is 35.2. The summed E-state index contributed by atoms with van der Waals surface area (Å²) in [5, 5.41) is 5.90. The number of hydrogen-bond acceptors (Lipinski definition) is 6. The summed E-state index contributed by atoms with van der Waals surface area (Å²) in [5.74, 6) is 1.18. The summed E-state index contributed by atoms with van der Waals surface area (Å²) < 4.78 is 0. The first kappa shape index (κ1) is 23.5. The highest BCUT2D eigenvalue weighted by atomic mass is 32.2. The molecule has 0 unspecified atom stereocenters. The second-order valence-electron chi connectivity index (χ2n) is 7.03. The molecule has 0 bridgehead atoms. The number of carbonyl (C=O) groups is 2. The van der Waals surface area contributed by atoms with Crippen LogP contribution in [0, 0.1) is 0 Å². The minimum Gasteiger partial charge on any atom is -0.320 e. The van der Waals surface area contributed by atoms with Crippen LogP contribution in [-0.2, 0) is 0 Å². The van der Waals surface area contributed by atoms with Gasteiger partial charge in [0.2, 0.25) is 0 Å². The summed E-state index contributed by atoms with van der Waals surface area (Å²) in [6.45, 7) is 0. The Morgan fingerprint density at radius 1 is 0.588 bits per heavy atom. The minimum atomic E-state index is -0.236. The molecule has 0 aliphatic heterocycles. The predicted molar refractivity (Wildman–Crippen MR) is 139 cm³/mol. The van der Waals surface area contributed by atoms with Crippen molar-refractivity contribution in [3.05, 3.63) is 109 Å². The molecule has 4 aromatic rings. The van der Waals surface area contributed by atoms with Crippen LogP contribution >= 0.6 is 23.5 Å². The van der Waals surface area contributed by atoms with Crippen LogP contribution in [0.5, 0.6) is 0 Å². The first-order chi connectivity index (χ1) is 16.7. The van der Waals surface area contributed by atoms with Crippen molar-refractivity contribution < 1.29 is 9.59 Å². The smallest absolute Gasteiger partial charge is 0.274 e. The van der Waals surface area contributed by atoms with Gasteiger partial charge in [-0.25, -0.2) is 0 Å². The molecule has 0 spiro atoms. The van der Waals surface area contributed by atoms with Gasteiger partial charge in [0, 0.05) is 33.7 Å². The maximum atomic E-state index is 12.5. The molecule has 4 rings (SSSR count). The lowest BCUT2D eigenvalue weighted by Crippen LogP contribution is -2.14. The minimum absolute atomic E-state index is 0.236. The fourth-order valence-electron chi connectivity index (χ4n) is 3.06. The van der Waals surface area contributed by atoms with Crippen LogP contribution in [-0.4, -0.2) is 33.3 Å². The number of pyridine rings is 2. The number of nitrogens with one attached hydrogen (secondary N) is 2. The molecular weight excluding hydrogens is 464 g/mol. The number of benzene rings is 2. The summed E-state index contributed by atoms with van der Waals surface area (Å²) in [6.07, 6.45) is 3.20. The zero-order valence-electron chi connectivity index (χ0n) is 18.2. The fraction of sp³-hybridized carbons (Fsp3) is 0.0769. The van der Waals surface area contributed by atoms with E-state index in [1.54, 1.807) is 72.3 Å².